The molecule has 9 rings (SSSR count). The number of hydrogen-bond donors (Lipinski definition) is 2. The maximum absolute atomic E-state index is 13.7. The van der Waals surface area contributed by atoms with Crippen molar-refractivity contribution in [2.75, 3.05) is 31.1 Å². The summed E-state index contributed by atoms with van der Waals surface area (Å²) in [6.45, 7) is 5.60. The van der Waals surface area contributed by atoms with Crippen molar-refractivity contribution in [3.05, 3.63) is 71.1 Å². The maximum Gasteiger partial charge on any atom is 0.141 e. The van der Waals surface area contributed by atoms with Gasteiger partial charge in [0.05, 0.1) is 47.4 Å². The molecule has 7 atom stereocenters. The highest BCUT2D eigenvalue weighted by Gasteiger charge is 2.46. The standard InChI is InChI=1S/C35H41BrFN7O3/c1-21(45)24(17-43-26-3-4-32(43)33(46)10-26)6-7-47-29-11-30(35-31(36)15-40-44(35)20-29)23-2-5-34(39-13-23)41-18-27-9-28(19-41)42(27)16-22-8-25(37)14-38-12-22/h2,5,8,11-15,20-21,24,26-28,32-33,45-46H,3-4,6-7,9-10,16-19H2,1H3. The van der Waals surface area contributed by atoms with Crippen molar-refractivity contribution >= 4 is 27.3 Å². The highest BCUT2D eigenvalue weighted by molar-refractivity contribution is 9.10. The topological polar surface area (TPSA) is 102 Å². The van der Waals surface area contributed by atoms with Gasteiger partial charge in [-0.15, -0.1) is 0 Å². The predicted octanol–water partition coefficient (Wildman–Crippen LogP) is 4.52. The maximum atomic E-state index is 13.7. The predicted molar refractivity (Wildman–Crippen MR) is 180 cm³/mol. The summed E-state index contributed by atoms with van der Waals surface area (Å²) in [4.78, 5) is 16.1. The van der Waals surface area contributed by atoms with Gasteiger partial charge in [0.2, 0.25) is 0 Å². The third-order valence-corrected chi connectivity index (χ3v) is 11.5. The van der Waals surface area contributed by atoms with Gasteiger partial charge in [0.25, 0.3) is 0 Å². The summed E-state index contributed by atoms with van der Waals surface area (Å²) < 4.78 is 22.7. The summed E-state index contributed by atoms with van der Waals surface area (Å²) in [7, 11) is 0. The van der Waals surface area contributed by atoms with Gasteiger partial charge in [0.1, 0.15) is 17.4 Å². The van der Waals surface area contributed by atoms with Crippen molar-refractivity contribution in [2.24, 2.45) is 5.92 Å². The van der Waals surface area contributed by atoms with E-state index in [2.05, 4.69) is 52.8 Å². The molecule has 2 N–H and O–H groups in total. The molecular weight excluding hydrogens is 665 g/mol. The molecule has 248 valence electrons. The Kier molecular flexibility index (Phi) is 8.41. The lowest BCUT2D eigenvalue weighted by Crippen LogP contribution is -2.68. The van der Waals surface area contributed by atoms with E-state index in [4.69, 9.17) is 9.72 Å². The van der Waals surface area contributed by atoms with E-state index in [0.29, 0.717) is 36.9 Å². The first-order valence-electron chi connectivity index (χ1n) is 16.8. The van der Waals surface area contributed by atoms with Gasteiger partial charge < -0.3 is 19.8 Å². The van der Waals surface area contributed by atoms with Crippen LogP contribution in [0, 0.1) is 11.7 Å². The Morgan fingerprint density at radius 3 is 2.60 bits per heavy atom. The Labute approximate surface area is 282 Å². The molecule has 0 aromatic carbocycles. The number of piperidine rings is 1. The van der Waals surface area contributed by atoms with E-state index in [0.717, 1.165) is 84.4 Å². The molecule has 5 aliphatic heterocycles. The van der Waals surface area contributed by atoms with Gasteiger partial charge in [0, 0.05) is 79.8 Å². The Bertz CT molecular complexity index is 1730. The van der Waals surface area contributed by atoms with Crippen LogP contribution in [0.2, 0.25) is 0 Å². The third kappa shape index (κ3) is 6.03. The molecule has 4 bridgehead atoms. The number of aliphatic hydroxyl groups excluding tert-OH is 2. The number of anilines is 1. The second kappa shape index (κ2) is 12.7. The molecule has 10 nitrogen and oxygen atoms in total. The van der Waals surface area contributed by atoms with Crippen LogP contribution >= 0.6 is 15.9 Å². The van der Waals surface area contributed by atoms with Crippen LogP contribution in [0.3, 0.4) is 0 Å². The molecule has 5 aliphatic rings. The summed E-state index contributed by atoms with van der Waals surface area (Å²) in [5.41, 5.74) is 3.80. The fourth-order valence-corrected chi connectivity index (χ4v) is 8.90. The highest BCUT2D eigenvalue weighted by Crippen LogP contribution is 2.39. The van der Waals surface area contributed by atoms with Crippen molar-refractivity contribution < 1.29 is 19.3 Å². The quantitative estimate of drug-likeness (QED) is 0.233. The highest BCUT2D eigenvalue weighted by atomic mass is 79.9. The van der Waals surface area contributed by atoms with Crippen LogP contribution in [-0.4, -0.2) is 102 Å². The Balaban J connectivity index is 0.934. The normalized spacial score (nSPS) is 26.9. The minimum Gasteiger partial charge on any atom is -0.492 e. The largest absolute Gasteiger partial charge is 0.492 e. The molecule has 0 amide bonds. The number of fused-ring (bicyclic) bond motifs is 5. The van der Waals surface area contributed by atoms with Crippen LogP contribution < -0.4 is 9.64 Å². The molecule has 4 aromatic heterocycles. The molecule has 0 spiro atoms. The smallest absolute Gasteiger partial charge is 0.141 e. The van der Waals surface area contributed by atoms with Gasteiger partial charge in [-0.1, -0.05) is 0 Å². The monoisotopic (exact) mass is 705 g/mol. The van der Waals surface area contributed by atoms with Crippen molar-refractivity contribution in [3.8, 4) is 16.9 Å². The third-order valence-electron chi connectivity index (χ3n) is 10.9. The second-order valence-corrected chi connectivity index (χ2v) is 14.7. The molecule has 4 aromatic rings. The van der Waals surface area contributed by atoms with E-state index in [1.807, 2.05) is 29.9 Å². The number of hydrogen-bond acceptors (Lipinski definition) is 9. The fraction of sp³-hybridized carbons (Fsp3) is 0.514. The van der Waals surface area contributed by atoms with Gasteiger partial charge in [-0.2, -0.15) is 5.10 Å². The van der Waals surface area contributed by atoms with Crippen LogP contribution in [0.25, 0.3) is 16.6 Å². The van der Waals surface area contributed by atoms with Crippen LogP contribution in [0.4, 0.5) is 10.2 Å². The molecule has 0 radical (unpaired) electrons. The van der Waals surface area contributed by atoms with E-state index >= 15 is 0 Å². The van der Waals surface area contributed by atoms with E-state index in [-0.39, 0.29) is 23.9 Å². The summed E-state index contributed by atoms with van der Waals surface area (Å²) in [6.07, 6.45) is 12.8. The lowest BCUT2D eigenvalue weighted by atomic mass is 9.87. The van der Waals surface area contributed by atoms with Crippen LogP contribution in [0.1, 0.15) is 44.6 Å². The van der Waals surface area contributed by atoms with Gasteiger partial charge in [-0.3, -0.25) is 14.8 Å². The molecular formula is C35H41BrFN7O3. The minimum absolute atomic E-state index is 0.0634. The first-order chi connectivity index (χ1) is 22.8. The fourth-order valence-electron chi connectivity index (χ4n) is 8.41. The second-order valence-electron chi connectivity index (χ2n) is 13.8. The number of piperazine rings is 1. The lowest BCUT2D eigenvalue weighted by Gasteiger charge is -2.56. The van der Waals surface area contributed by atoms with Crippen LogP contribution in [0.15, 0.2) is 59.7 Å². The number of rotatable bonds is 11. The number of aromatic nitrogens is 4. The van der Waals surface area contributed by atoms with Crippen molar-refractivity contribution in [1.82, 2.24) is 29.4 Å². The Morgan fingerprint density at radius 1 is 1.04 bits per heavy atom. The summed E-state index contributed by atoms with van der Waals surface area (Å²) >= 11 is 3.68. The van der Waals surface area contributed by atoms with Gasteiger partial charge >= 0.3 is 0 Å². The number of pyridine rings is 3. The van der Waals surface area contributed by atoms with Crippen molar-refractivity contribution in [1.29, 1.82) is 0 Å². The van der Waals surface area contributed by atoms with Crippen molar-refractivity contribution in [2.45, 2.75) is 81.9 Å². The number of halogens is 2. The zero-order valence-corrected chi connectivity index (χ0v) is 28.1. The van der Waals surface area contributed by atoms with Gasteiger partial charge in [0.15, 0.2) is 0 Å². The summed E-state index contributed by atoms with van der Waals surface area (Å²) in [5.74, 6) is 1.43. The SMILES string of the molecule is CC(O)C(CCOc1cc(-c2ccc(N3CC4CC(C3)N4Cc3cncc(F)c3)nc2)c2c(Br)cnn2c1)CN1C2CCC1C(O)C2. The van der Waals surface area contributed by atoms with Crippen LogP contribution in [-0.2, 0) is 6.54 Å². The average Bonchev–Trinajstić information content (AvgIpc) is 3.74. The summed E-state index contributed by atoms with van der Waals surface area (Å²) in [6, 6.07) is 9.31. The first kappa shape index (κ1) is 31.1. The average molecular weight is 707 g/mol. The molecule has 5 fully saturated rings. The molecule has 0 saturated carbocycles. The zero-order valence-electron chi connectivity index (χ0n) is 26.5. The van der Waals surface area contributed by atoms with Gasteiger partial charge in [-0.25, -0.2) is 13.9 Å². The number of ether oxygens (including phenoxy) is 1. The molecule has 47 heavy (non-hydrogen) atoms. The van der Waals surface area contributed by atoms with Crippen LogP contribution in [0.5, 0.6) is 5.75 Å². The minimum atomic E-state index is -0.458. The lowest BCUT2D eigenvalue weighted by molar-refractivity contribution is -0.00882. The van der Waals surface area contributed by atoms with Gasteiger partial charge in [-0.05, 0) is 84.8 Å². The summed E-state index contributed by atoms with van der Waals surface area (Å²) in [5, 5.41) is 25.5. The Hall–Kier alpha value is -3.16. The number of aliphatic hydroxyl groups is 2. The number of nitrogens with zero attached hydrogens (tertiary/aromatic N) is 7. The molecule has 0 aliphatic carbocycles. The van der Waals surface area contributed by atoms with E-state index in [1.165, 1.54) is 6.20 Å². The molecule has 5 saturated heterocycles. The first-order valence-corrected chi connectivity index (χ1v) is 17.6. The van der Waals surface area contributed by atoms with E-state index in [9.17, 15) is 14.6 Å². The molecule has 7 unspecified atom stereocenters. The van der Waals surface area contributed by atoms with E-state index in [1.54, 1.807) is 18.5 Å². The Morgan fingerprint density at radius 2 is 1.89 bits per heavy atom. The van der Waals surface area contributed by atoms with E-state index < -0.39 is 6.10 Å². The molecule has 9 heterocycles. The van der Waals surface area contributed by atoms with Crippen molar-refractivity contribution in [3.63, 3.8) is 0 Å². The zero-order chi connectivity index (χ0) is 32.2. The molecule has 12 heteroatoms.